The lowest BCUT2D eigenvalue weighted by atomic mass is 9.70. The molecule has 10 heavy (non-hydrogen) atoms. The van der Waals surface area contributed by atoms with E-state index in [-0.39, 0.29) is 0 Å². The first-order valence-corrected chi connectivity index (χ1v) is 4.45. The zero-order valence-corrected chi connectivity index (χ0v) is 7.32. The van der Waals surface area contributed by atoms with E-state index in [1.165, 1.54) is 25.7 Å². The summed E-state index contributed by atoms with van der Waals surface area (Å²) in [5.41, 5.74) is 0.581. The molecule has 2 atom stereocenters. The summed E-state index contributed by atoms with van der Waals surface area (Å²) in [6.07, 6.45) is 6.79. The van der Waals surface area contributed by atoms with Crippen molar-refractivity contribution in [2.24, 2.45) is 11.3 Å². The topological polar surface area (TPSA) is 0 Å². The lowest BCUT2D eigenvalue weighted by molar-refractivity contribution is 0.170. The van der Waals surface area contributed by atoms with Crippen molar-refractivity contribution in [1.82, 2.24) is 0 Å². The van der Waals surface area contributed by atoms with Gasteiger partial charge < -0.3 is 0 Å². The smallest absolute Gasteiger partial charge is 0.0323 e. The van der Waals surface area contributed by atoms with Crippen molar-refractivity contribution in [2.75, 3.05) is 0 Å². The molecule has 0 heterocycles. The van der Waals surface area contributed by atoms with E-state index in [2.05, 4.69) is 20.8 Å². The molecule has 1 radical (unpaired) electrons. The van der Waals surface area contributed by atoms with Crippen LogP contribution >= 0.6 is 0 Å². The normalized spacial score (nSPS) is 41.7. The summed E-state index contributed by atoms with van der Waals surface area (Å²) in [5, 5.41) is 0. The molecule has 1 aliphatic rings. The molecule has 1 fully saturated rings. The number of hydrogen-bond acceptors (Lipinski definition) is 0. The van der Waals surface area contributed by atoms with Crippen molar-refractivity contribution < 1.29 is 0 Å². The molecule has 59 valence electrons. The van der Waals surface area contributed by atoms with Gasteiger partial charge in [-0.2, -0.15) is 0 Å². The fourth-order valence-electron chi connectivity index (χ4n) is 2.15. The Bertz CT molecular complexity index is 107. The molecule has 0 amide bonds. The van der Waals surface area contributed by atoms with E-state index in [0.29, 0.717) is 5.41 Å². The fraction of sp³-hybridized carbons (Fsp3) is 0.900. The van der Waals surface area contributed by atoms with Crippen LogP contribution in [0.2, 0.25) is 0 Å². The second-order valence-corrected chi connectivity index (χ2v) is 4.26. The van der Waals surface area contributed by atoms with Gasteiger partial charge in [-0.05, 0) is 30.6 Å². The van der Waals surface area contributed by atoms with Gasteiger partial charge in [-0.25, -0.2) is 0 Å². The van der Waals surface area contributed by atoms with E-state index in [0.717, 1.165) is 12.3 Å². The van der Waals surface area contributed by atoms with E-state index in [4.69, 9.17) is 0 Å². The largest absolute Gasteiger partial charge is 0.0625 e. The molecular weight excluding hydrogens is 120 g/mol. The predicted molar refractivity (Wildman–Crippen MR) is 45.7 cm³/mol. The number of rotatable bonds is 1. The van der Waals surface area contributed by atoms with E-state index in [1.807, 2.05) is 0 Å². The van der Waals surface area contributed by atoms with Gasteiger partial charge in [-0.3, -0.25) is 0 Å². The van der Waals surface area contributed by atoms with Crippen LogP contribution in [0.3, 0.4) is 0 Å². The minimum Gasteiger partial charge on any atom is -0.0625 e. The predicted octanol–water partition coefficient (Wildman–Crippen LogP) is 3.43. The van der Waals surface area contributed by atoms with E-state index >= 15 is 0 Å². The van der Waals surface area contributed by atoms with Crippen LogP contribution in [0.4, 0.5) is 0 Å². The van der Waals surface area contributed by atoms with Crippen molar-refractivity contribution in [2.45, 2.75) is 46.0 Å². The quantitative estimate of drug-likeness (QED) is 0.522. The third-order valence-corrected chi connectivity index (χ3v) is 2.92. The first-order chi connectivity index (χ1) is 4.66. The molecule has 0 aromatic heterocycles. The Hall–Kier alpha value is 0. The van der Waals surface area contributed by atoms with Crippen molar-refractivity contribution in [3.8, 4) is 0 Å². The molecule has 1 rings (SSSR count). The van der Waals surface area contributed by atoms with Gasteiger partial charge in [0.25, 0.3) is 0 Å². The Morgan fingerprint density at radius 2 is 2.30 bits per heavy atom. The lowest BCUT2D eigenvalue weighted by Gasteiger charge is -2.36. The zero-order valence-electron chi connectivity index (χ0n) is 7.32. The Kier molecular flexibility index (Phi) is 2.38. The summed E-state index contributed by atoms with van der Waals surface area (Å²) in [6, 6.07) is 0. The summed E-state index contributed by atoms with van der Waals surface area (Å²) in [5.74, 6) is 0.945. The minimum absolute atomic E-state index is 0.581. The molecular formula is C10H19. The lowest BCUT2D eigenvalue weighted by Crippen LogP contribution is -2.23. The fourth-order valence-corrected chi connectivity index (χ4v) is 2.15. The van der Waals surface area contributed by atoms with Crippen LogP contribution in [-0.2, 0) is 0 Å². The van der Waals surface area contributed by atoms with Gasteiger partial charge >= 0.3 is 0 Å². The molecule has 0 heteroatoms. The van der Waals surface area contributed by atoms with Gasteiger partial charge in [0.15, 0.2) is 0 Å². The van der Waals surface area contributed by atoms with Crippen LogP contribution in [-0.4, -0.2) is 0 Å². The highest BCUT2D eigenvalue weighted by Gasteiger charge is 2.27. The second-order valence-electron chi connectivity index (χ2n) is 4.26. The van der Waals surface area contributed by atoms with Gasteiger partial charge in [-0.1, -0.05) is 33.6 Å². The van der Waals surface area contributed by atoms with Gasteiger partial charge in [0.1, 0.15) is 0 Å². The molecule has 0 aromatic carbocycles. The summed E-state index contributed by atoms with van der Waals surface area (Å²) in [7, 11) is 0. The van der Waals surface area contributed by atoms with Gasteiger partial charge in [0.05, 0.1) is 0 Å². The molecule has 0 aliphatic heterocycles. The first kappa shape index (κ1) is 8.10. The second kappa shape index (κ2) is 2.94. The molecule has 0 N–H and O–H groups in total. The molecule has 0 saturated heterocycles. The molecule has 0 spiro atoms. The van der Waals surface area contributed by atoms with Crippen molar-refractivity contribution >= 4 is 0 Å². The Morgan fingerprint density at radius 3 is 2.70 bits per heavy atom. The molecule has 1 saturated carbocycles. The van der Waals surface area contributed by atoms with Gasteiger partial charge in [0.2, 0.25) is 0 Å². The minimum atomic E-state index is 0.581. The standard InChI is InChI=1S/C10H19/c1-4-10(3)7-5-6-9(2)8-10/h9H,1,4-8H2,2-3H3. The van der Waals surface area contributed by atoms with Crippen molar-refractivity contribution in [3.05, 3.63) is 6.92 Å². The summed E-state index contributed by atoms with van der Waals surface area (Å²) in [4.78, 5) is 0. The number of hydrogen-bond donors (Lipinski definition) is 0. The van der Waals surface area contributed by atoms with E-state index in [1.54, 1.807) is 0 Å². The van der Waals surface area contributed by atoms with Crippen molar-refractivity contribution in [1.29, 1.82) is 0 Å². The third-order valence-electron chi connectivity index (χ3n) is 2.92. The van der Waals surface area contributed by atoms with Crippen LogP contribution < -0.4 is 0 Å². The van der Waals surface area contributed by atoms with Crippen LogP contribution in [0, 0.1) is 18.3 Å². The average Bonchev–Trinajstić information content (AvgIpc) is 1.88. The molecule has 1 aliphatic carbocycles. The van der Waals surface area contributed by atoms with Crippen molar-refractivity contribution in [3.63, 3.8) is 0 Å². The average molecular weight is 139 g/mol. The molecule has 0 bridgehead atoms. The van der Waals surface area contributed by atoms with Gasteiger partial charge in [0, 0.05) is 0 Å². The van der Waals surface area contributed by atoms with E-state index < -0.39 is 0 Å². The summed E-state index contributed by atoms with van der Waals surface area (Å²) >= 11 is 0. The van der Waals surface area contributed by atoms with Crippen LogP contribution in [0.5, 0.6) is 0 Å². The molecule has 2 unspecified atom stereocenters. The maximum atomic E-state index is 4.02. The summed E-state index contributed by atoms with van der Waals surface area (Å²) in [6.45, 7) is 8.77. The van der Waals surface area contributed by atoms with Crippen LogP contribution in [0.15, 0.2) is 0 Å². The Labute approximate surface area is 65.0 Å². The van der Waals surface area contributed by atoms with E-state index in [9.17, 15) is 0 Å². The maximum absolute atomic E-state index is 4.02. The van der Waals surface area contributed by atoms with Crippen LogP contribution in [0.1, 0.15) is 46.0 Å². The van der Waals surface area contributed by atoms with Gasteiger partial charge in [-0.15, -0.1) is 0 Å². The highest BCUT2D eigenvalue weighted by atomic mass is 14.3. The SMILES string of the molecule is [CH2]CC1(C)CCCC(C)C1. The Balaban J connectivity index is 2.45. The molecule has 0 nitrogen and oxygen atoms in total. The Morgan fingerprint density at radius 1 is 1.60 bits per heavy atom. The highest BCUT2D eigenvalue weighted by Crippen LogP contribution is 2.40. The first-order valence-electron chi connectivity index (χ1n) is 4.45. The monoisotopic (exact) mass is 139 g/mol. The third kappa shape index (κ3) is 1.74. The molecule has 0 aromatic rings. The zero-order chi connectivity index (χ0) is 7.61. The van der Waals surface area contributed by atoms with Crippen LogP contribution in [0.25, 0.3) is 0 Å². The summed E-state index contributed by atoms with van der Waals surface area (Å²) < 4.78 is 0. The maximum Gasteiger partial charge on any atom is -0.0323 e. The highest BCUT2D eigenvalue weighted by molar-refractivity contribution is 4.81.